The van der Waals surface area contributed by atoms with E-state index >= 15 is 0 Å². The first-order chi connectivity index (χ1) is 8.83. The molecule has 2 rings (SSSR count). The Kier molecular flexibility index (Phi) is 4.19. The van der Waals surface area contributed by atoms with E-state index in [0.29, 0.717) is 0 Å². The molecule has 1 amide bonds. The van der Waals surface area contributed by atoms with Crippen LogP contribution in [0.1, 0.15) is 38.3 Å². The van der Waals surface area contributed by atoms with Crippen LogP contribution in [-0.2, 0) is 17.6 Å². The lowest BCUT2D eigenvalue weighted by Crippen LogP contribution is -2.41. The van der Waals surface area contributed by atoms with Crippen LogP contribution in [-0.4, -0.2) is 17.7 Å². The predicted octanol–water partition coefficient (Wildman–Crippen LogP) is 3.83. The maximum absolute atomic E-state index is 11.8. The lowest BCUT2D eigenvalue weighted by molar-refractivity contribution is 0.0500. The van der Waals surface area contributed by atoms with Crippen LogP contribution in [0.15, 0.2) is 22.7 Å². The normalized spacial score (nSPS) is 18.6. The highest BCUT2D eigenvalue weighted by atomic mass is 79.9. The summed E-state index contributed by atoms with van der Waals surface area (Å²) in [5.41, 5.74) is 2.24. The monoisotopic (exact) mass is 325 g/mol. The van der Waals surface area contributed by atoms with Crippen molar-refractivity contribution in [2.45, 2.75) is 51.7 Å². The molecule has 0 spiro atoms. The summed E-state index contributed by atoms with van der Waals surface area (Å²) in [5.74, 6) is 0. The van der Waals surface area contributed by atoms with Crippen molar-refractivity contribution in [1.82, 2.24) is 5.32 Å². The number of aryl methyl sites for hydroxylation is 1. The second-order valence-corrected chi connectivity index (χ2v) is 6.91. The highest BCUT2D eigenvalue weighted by Gasteiger charge is 2.23. The third kappa shape index (κ3) is 4.23. The van der Waals surface area contributed by atoms with Gasteiger partial charge in [0.25, 0.3) is 0 Å². The number of alkyl carbamates (subject to hydrolysis) is 1. The van der Waals surface area contributed by atoms with Crippen molar-refractivity contribution in [1.29, 1.82) is 0 Å². The molecule has 0 bridgehead atoms. The molecule has 1 aliphatic rings. The van der Waals surface area contributed by atoms with Gasteiger partial charge in [-0.15, -0.1) is 0 Å². The summed E-state index contributed by atoms with van der Waals surface area (Å²) in [6.07, 6.45) is 2.52. The minimum absolute atomic E-state index is 0.164. The minimum Gasteiger partial charge on any atom is -0.444 e. The zero-order valence-electron chi connectivity index (χ0n) is 11.6. The van der Waals surface area contributed by atoms with Crippen LogP contribution in [0.4, 0.5) is 4.79 Å². The molecule has 0 saturated carbocycles. The molecule has 3 nitrogen and oxygen atoms in total. The number of nitrogens with one attached hydrogen (secondary N) is 1. The molecule has 0 radical (unpaired) electrons. The third-order valence-electron chi connectivity index (χ3n) is 3.12. The van der Waals surface area contributed by atoms with Crippen molar-refractivity contribution in [2.75, 3.05) is 0 Å². The average molecular weight is 326 g/mol. The standard InChI is InChI=1S/C15H20BrNO2/c1-15(2,3)19-14(18)17-13-7-5-10-4-6-12(16)8-11(10)9-13/h4,6,8,13H,5,7,9H2,1-3H3,(H,17,18). The number of amides is 1. The van der Waals surface area contributed by atoms with Gasteiger partial charge in [0.1, 0.15) is 5.60 Å². The molecule has 1 atom stereocenters. The van der Waals surface area contributed by atoms with Gasteiger partial charge in [-0.25, -0.2) is 4.79 Å². The number of hydrogen-bond donors (Lipinski definition) is 1. The number of ether oxygens (including phenoxy) is 1. The summed E-state index contributed by atoms with van der Waals surface area (Å²) in [5, 5.41) is 2.96. The van der Waals surface area contributed by atoms with Gasteiger partial charge in [-0.3, -0.25) is 0 Å². The molecule has 1 aromatic carbocycles. The quantitative estimate of drug-likeness (QED) is 0.852. The van der Waals surface area contributed by atoms with Crippen molar-refractivity contribution in [3.8, 4) is 0 Å². The number of rotatable bonds is 1. The van der Waals surface area contributed by atoms with E-state index in [2.05, 4.69) is 39.4 Å². The Morgan fingerprint density at radius 3 is 2.79 bits per heavy atom. The van der Waals surface area contributed by atoms with Crippen LogP contribution in [0.2, 0.25) is 0 Å². The van der Waals surface area contributed by atoms with Crippen molar-refractivity contribution in [2.24, 2.45) is 0 Å². The molecule has 4 heteroatoms. The molecule has 0 fully saturated rings. The van der Waals surface area contributed by atoms with Crippen molar-refractivity contribution in [3.05, 3.63) is 33.8 Å². The summed E-state index contributed by atoms with van der Waals surface area (Å²) in [4.78, 5) is 11.8. The van der Waals surface area contributed by atoms with Crippen LogP contribution in [0.3, 0.4) is 0 Å². The van der Waals surface area contributed by atoms with E-state index in [-0.39, 0.29) is 12.1 Å². The van der Waals surface area contributed by atoms with Gasteiger partial charge in [0.05, 0.1) is 0 Å². The Morgan fingerprint density at radius 1 is 1.37 bits per heavy atom. The second kappa shape index (κ2) is 5.53. The zero-order valence-corrected chi connectivity index (χ0v) is 13.2. The van der Waals surface area contributed by atoms with E-state index < -0.39 is 5.60 Å². The molecule has 19 heavy (non-hydrogen) atoms. The summed E-state index contributed by atoms with van der Waals surface area (Å²) >= 11 is 3.49. The van der Waals surface area contributed by atoms with Crippen LogP contribution >= 0.6 is 15.9 Å². The molecule has 0 aliphatic heterocycles. The van der Waals surface area contributed by atoms with E-state index in [1.54, 1.807) is 0 Å². The molecule has 1 N–H and O–H groups in total. The first kappa shape index (κ1) is 14.4. The Bertz CT molecular complexity index is 480. The van der Waals surface area contributed by atoms with Crippen molar-refractivity contribution in [3.63, 3.8) is 0 Å². The van der Waals surface area contributed by atoms with Crippen LogP contribution in [0.5, 0.6) is 0 Å². The molecular weight excluding hydrogens is 306 g/mol. The predicted molar refractivity (Wildman–Crippen MR) is 79.3 cm³/mol. The van der Waals surface area contributed by atoms with Gasteiger partial charge in [0, 0.05) is 10.5 Å². The fourth-order valence-corrected chi connectivity index (χ4v) is 2.73. The SMILES string of the molecule is CC(C)(C)OC(=O)NC1CCc2ccc(Br)cc2C1. The first-order valence-electron chi connectivity index (χ1n) is 6.60. The highest BCUT2D eigenvalue weighted by molar-refractivity contribution is 9.10. The van der Waals surface area contributed by atoms with E-state index in [4.69, 9.17) is 4.74 Å². The van der Waals surface area contributed by atoms with Crippen molar-refractivity contribution < 1.29 is 9.53 Å². The Labute approximate surface area is 122 Å². The van der Waals surface area contributed by atoms with Crippen molar-refractivity contribution >= 4 is 22.0 Å². The Hall–Kier alpha value is -1.03. The lowest BCUT2D eigenvalue weighted by Gasteiger charge is -2.27. The molecule has 1 aromatic rings. The second-order valence-electron chi connectivity index (χ2n) is 6.00. The largest absolute Gasteiger partial charge is 0.444 e. The van der Waals surface area contributed by atoms with E-state index in [1.807, 2.05) is 20.8 Å². The number of fused-ring (bicyclic) bond motifs is 1. The number of halogens is 1. The maximum Gasteiger partial charge on any atom is 0.407 e. The number of hydrogen-bond acceptors (Lipinski definition) is 2. The van der Waals surface area contributed by atoms with Gasteiger partial charge in [0.15, 0.2) is 0 Å². The van der Waals surface area contributed by atoms with Gasteiger partial charge >= 0.3 is 6.09 Å². The van der Waals surface area contributed by atoms with Gasteiger partial charge < -0.3 is 10.1 Å². The van der Waals surface area contributed by atoms with Gasteiger partial charge in [0.2, 0.25) is 0 Å². The molecule has 1 aliphatic carbocycles. The summed E-state index contributed by atoms with van der Waals surface area (Å²) in [6, 6.07) is 6.53. The summed E-state index contributed by atoms with van der Waals surface area (Å²) in [7, 11) is 0. The van der Waals surface area contributed by atoms with Gasteiger partial charge in [-0.1, -0.05) is 22.0 Å². The molecular formula is C15H20BrNO2. The topological polar surface area (TPSA) is 38.3 Å². The molecule has 0 saturated heterocycles. The summed E-state index contributed by atoms with van der Waals surface area (Å²) in [6.45, 7) is 5.62. The molecule has 0 heterocycles. The fraction of sp³-hybridized carbons (Fsp3) is 0.533. The average Bonchev–Trinajstić information content (AvgIpc) is 2.25. The van der Waals surface area contributed by atoms with E-state index in [9.17, 15) is 4.79 Å². The number of carbonyl (C=O) groups is 1. The lowest BCUT2D eigenvalue weighted by atomic mass is 9.88. The summed E-state index contributed by atoms with van der Waals surface area (Å²) < 4.78 is 6.38. The van der Waals surface area contributed by atoms with Crippen LogP contribution in [0.25, 0.3) is 0 Å². The Balaban J connectivity index is 1.96. The molecule has 0 aromatic heterocycles. The molecule has 104 valence electrons. The third-order valence-corrected chi connectivity index (χ3v) is 3.61. The van der Waals surface area contributed by atoms with Gasteiger partial charge in [-0.05, 0) is 63.3 Å². The Morgan fingerprint density at radius 2 is 2.11 bits per heavy atom. The molecule has 1 unspecified atom stereocenters. The number of benzene rings is 1. The van der Waals surface area contributed by atoms with Gasteiger partial charge in [-0.2, -0.15) is 0 Å². The first-order valence-corrected chi connectivity index (χ1v) is 7.39. The fourth-order valence-electron chi connectivity index (χ4n) is 2.32. The van der Waals surface area contributed by atoms with E-state index in [0.717, 1.165) is 23.7 Å². The van der Waals surface area contributed by atoms with Crippen LogP contribution in [0, 0.1) is 0 Å². The highest BCUT2D eigenvalue weighted by Crippen LogP contribution is 2.25. The minimum atomic E-state index is -0.445. The number of carbonyl (C=O) groups excluding carboxylic acids is 1. The van der Waals surface area contributed by atoms with E-state index in [1.165, 1.54) is 11.1 Å². The van der Waals surface area contributed by atoms with Crippen LogP contribution < -0.4 is 5.32 Å². The smallest absolute Gasteiger partial charge is 0.407 e. The maximum atomic E-state index is 11.8. The zero-order chi connectivity index (χ0) is 14.0.